The summed E-state index contributed by atoms with van der Waals surface area (Å²) in [6, 6.07) is 11.4. The lowest BCUT2D eigenvalue weighted by Gasteiger charge is -2.32. The first-order chi connectivity index (χ1) is 12.5. The van der Waals surface area contributed by atoms with Crippen LogP contribution < -0.4 is 15.5 Å². The quantitative estimate of drug-likeness (QED) is 0.860. The molecule has 1 fully saturated rings. The standard InChI is InChI=1S/C19H24N4O2S/c1-22(2)16-9-7-15(8-10-16)20-18(24)14-5-3-11-23(13-14)19(25)21-17-6-4-12-26-17/h4,6-10,12,14H,3,5,11,13H2,1-2H3,(H,20,24)(H,21,25). The first kappa shape index (κ1) is 18.3. The number of anilines is 3. The fraction of sp³-hybridized carbons (Fsp3) is 0.368. The molecule has 3 rings (SSSR count). The van der Waals surface area contributed by atoms with Gasteiger partial charge in [0, 0.05) is 38.6 Å². The minimum atomic E-state index is -0.189. The summed E-state index contributed by atoms with van der Waals surface area (Å²) in [4.78, 5) is 28.7. The topological polar surface area (TPSA) is 64.7 Å². The van der Waals surface area contributed by atoms with E-state index in [2.05, 4.69) is 10.6 Å². The maximum absolute atomic E-state index is 12.6. The van der Waals surface area contributed by atoms with E-state index in [0.717, 1.165) is 29.2 Å². The van der Waals surface area contributed by atoms with Gasteiger partial charge in [0.15, 0.2) is 0 Å². The van der Waals surface area contributed by atoms with Crippen molar-refractivity contribution in [3.05, 3.63) is 41.8 Å². The van der Waals surface area contributed by atoms with Gasteiger partial charge in [0.1, 0.15) is 0 Å². The molecule has 7 heteroatoms. The van der Waals surface area contributed by atoms with Gasteiger partial charge in [-0.25, -0.2) is 4.79 Å². The Bertz CT molecular complexity index is 743. The number of benzene rings is 1. The monoisotopic (exact) mass is 372 g/mol. The maximum atomic E-state index is 12.6. The Hall–Kier alpha value is -2.54. The minimum absolute atomic E-state index is 0.0313. The van der Waals surface area contributed by atoms with Crippen molar-refractivity contribution in [2.75, 3.05) is 42.7 Å². The number of carbonyl (C=O) groups excluding carboxylic acids is 2. The van der Waals surface area contributed by atoms with Crippen LogP contribution >= 0.6 is 11.3 Å². The van der Waals surface area contributed by atoms with E-state index in [4.69, 9.17) is 0 Å². The summed E-state index contributed by atoms with van der Waals surface area (Å²) < 4.78 is 0. The van der Waals surface area contributed by atoms with Crippen LogP contribution in [0.3, 0.4) is 0 Å². The second-order valence-electron chi connectivity index (χ2n) is 6.62. The van der Waals surface area contributed by atoms with Gasteiger partial charge in [0.25, 0.3) is 0 Å². The van der Waals surface area contributed by atoms with Crippen LogP contribution in [0, 0.1) is 5.92 Å². The van der Waals surface area contributed by atoms with Crippen molar-refractivity contribution in [2.24, 2.45) is 5.92 Å². The van der Waals surface area contributed by atoms with E-state index in [-0.39, 0.29) is 17.9 Å². The molecule has 1 saturated heterocycles. The van der Waals surface area contributed by atoms with Crippen molar-refractivity contribution in [3.8, 4) is 0 Å². The van der Waals surface area contributed by atoms with Gasteiger partial charge >= 0.3 is 6.03 Å². The molecule has 1 aliphatic rings. The number of nitrogens with one attached hydrogen (secondary N) is 2. The van der Waals surface area contributed by atoms with Gasteiger partial charge in [-0.05, 0) is 54.6 Å². The molecule has 2 heterocycles. The first-order valence-electron chi connectivity index (χ1n) is 8.70. The largest absolute Gasteiger partial charge is 0.378 e. The molecule has 26 heavy (non-hydrogen) atoms. The highest BCUT2D eigenvalue weighted by Gasteiger charge is 2.28. The number of thiophene rings is 1. The third kappa shape index (κ3) is 4.54. The number of amides is 3. The van der Waals surface area contributed by atoms with Gasteiger partial charge in [0.2, 0.25) is 5.91 Å². The van der Waals surface area contributed by atoms with Crippen LogP contribution in [0.25, 0.3) is 0 Å². The molecule has 1 atom stereocenters. The van der Waals surface area contributed by atoms with E-state index in [9.17, 15) is 9.59 Å². The molecule has 2 N–H and O–H groups in total. The molecule has 3 amide bonds. The summed E-state index contributed by atoms with van der Waals surface area (Å²) in [7, 11) is 3.96. The normalized spacial score (nSPS) is 16.8. The minimum Gasteiger partial charge on any atom is -0.378 e. The zero-order valence-corrected chi connectivity index (χ0v) is 15.9. The van der Waals surface area contributed by atoms with Gasteiger partial charge in [-0.15, -0.1) is 11.3 Å². The highest BCUT2D eigenvalue weighted by Crippen LogP contribution is 2.22. The Labute approximate surface area is 157 Å². The SMILES string of the molecule is CN(C)c1ccc(NC(=O)C2CCCN(C(=O)Nc3cccs3)C2)cc1. The van der Waals surface area contributed by atoms with Crippen LogP contribution in [0.5, 0.6) is 0 Å². The summed E-state index contributed by atoms with van der Waals surface area (Å²) in [6.07, 6.45) is 1.62. The van der Waals surface area contributed by atoms with Crippen molar-refractivity contribution < 1.29 is 9.59 Å². The second kappa shape index (κ2) is 8.23. The van der Waals surface area contributed by atoms with Gasteiger partial charge in [-0.1, -0.05) is 0 Å². The number of piperidine rings is 1. The summed E-state index contributed by atoms with van der Waals surface area (Å²) >= 11 is 1.49. The Kier molecular flexibility index (Phi) is 5.78. The molecular formula is C19H24N4O2S. The van der Waals surface area contributed by atoms with Crippen LogP contribution in [0.2, 0.25) is 0 Å². The molecule has 0 saturated carbocycles. The molecule has 1 aliphatic heterocycles. The average Bonchev–Trinajstić information content (AvgIpc) is 3.15. The third-order valence-corrected chi connectivity index (χ3v) is 5.27. The highest BCUT2D eigenvalue weighted by molar-refractivity contribution is 7.14. The van der Waals surface area contributed by atoms with E-state index >= 15 is 0 Å². The Balaban J connectivity index is 1.56. The third-order valence-electron chi connectivity index (χ3n) is 4.48. The highest BCUT2D eigenvalue weighted by atomic mass is 32.1. The summed E-state index contributed by atoms with van der Waals surface area (Å²) in [5.41, 5.74) is 1.86. The molecular weight excluding hydrogens is 348 g/mol. The summed E-state index contributed by atoms with van der Waals surface area (Å²) in [6.45, 7) is 1.12. The van der Waals surface area contributed by atoms with Crippen LogP contribution in [-0.4, -0.2) is 44.0 Å². The molecule has 1 aromatic carbocycles. The Morgan fingerprint density at radius 2 is 1.92 bits per heavy atom. The molecule has 138 valence electrons. The second-order valence-corrected chi connectivity index (χ2v) is 7.57. The molecule has 2 aromatic rings. The fourth-order valence-electron chi connectivity index (χ4n) is 3.00. The van der Waals surface area contributed by atoms with Crippen molar-refractivity contribution in [3.63, 3.8) is 0 Å². The van der Waals surface area contributed by atoms with E-state index in [0.29, 0.717) is 13.1 Å². The number of rotatable bonds is 4. The van der Waals surface area contributed by atoms with Crippen molar-refractivity contribution in [1.29, 1.82) is 0 Å². The lowest BCUT2D eigenvalue weighted by atomic mass is 9.97. The van der Waals surface area contributed by atoms with Crippen LogP contribution in [0.15, 0.2) is 41.8 Å². The van der Waals surface area contributed by atoms with Gasteiger partial charge < -0.3 is 15.1 Å². The number of hydrogen-bond donors (Lipinski definition) is 2. The summed E-state index contributed by atoms with van der Waals surface area (Å²) in [5.74, 6) is -0.220. The Morgan fingerprint density at radius 1 is 1.15 bits per heavy atom. The number of carbonyl (C=O) groups is 2. The lowest BCUT2D eigenvalue weighted by molar-refractivity contribution is -0.121. The van der Waals surface area contributed by atoms with Gasteiger partial charge in [-0.2, -0.15) is 0 Å². The van der Waals surface area contributed by atoms with E-state index in [1.807, 2.05) is 60.8 Å². The molecule has 0 aliphatic carbocycles. The first-order valence-corrected chi connectivity index (χ1v) is 9.58. The van der Waals surface area contributed by atoms with E-state index < -0.39 is 0 Å². The smallest absolute Gasteiger partial charge is 0.322 e. The fourth-order valence-corrected chi connectivity index (χ4v) is 3.60. The zero-order chi connectivity index (χ0) is 18.5. The van der Waals surface area contributed by atoms with Crippen LogP contribution in [0.1, 0.15) is 12.8 Å². The molecule has 1 aromatic heterocycles. The number of urea groups is 1. The van der Waals surface area contributed by atoms with E-state index in [1.165, 1.54) is 11.3 Å². The van der Waals surface area contributed by atoms with Crippen molar-refractivity contribution in [2.45, 2.75) is 12.8 Å². The lowest BCUT2D eigenvalue weighted by Crippen LogP contribution is -2.45. The van der Waals surface area contributed by atoms with Gasteiger partial charge in [-0.3, -0.25) is 10.1 Å². The van der Waals surface area contributed by atoms with Gasteiger partial charge in [0.05, 0.1) is 10.9 Å². The van der Waals surface area contributed by atoms with Crippen LogP contribution in [-0.2, 0) is 4.79 Å². The maximum Gasteiger partial charge on any atom is 0.322 e. The number of hydrogen-bond acceptors (Lipinski definition) is 4. The number of likely N-dealkylation sites (tertiary alicyclic amines) is 1. The number of nitrogens with zero attached hydrogens (tertiary/aromatic N) is 2. The predicted molar refractivity (Wildman–Crippen MR) is 107 cm³/mol. The molecule has 0 bridgehead atoms. The molecule has 1 unspecified atom stereocenters. The molecule has 6 nitrogen and oxygen atoms in total. The molecule has 0 radical (unpaired) electrons. The van der Waals surface area contributed by atoms with Crippen molar-refractivity contribution in [1.82, 2.24) is 4.90 Å². The van der Waals surface area contributed by atoms with Crippen LogP contribution in [0.4, 0.5) is 21.2 Å². The predicted octanol–water partition coefficient (Wildman–Crippen LogP) is 3.70. The van der Waals surface area contributed by atoms with Crippen molar-refractivity contribution >= 4 is 39.7 Å². The van der Waals surface area contributed by atoms with E-state index in [1.54, 1.807) is 4.90 Å². The summed E-state index contributed by atoms with van der Waals surface area (Å²) in [5, 5.41) is 8.60. The zero-order valence-electron chi connectivity index (χ0n) is 15.1. The molecule has 0 spiro atoms. The average molecular weight is 372 g/mol. The Morgan fingerprint density at radius 3 is 2.58 bits per heavy atom.